The van der Waals surface area contributed by atoms with Crippen molar-refractivity contribution in [3.05, 3.63) is 30.5 Å². The average Bonchev–Trinajstić information content (AvgIpc) is 2.36. The van der Waals surface area contributed by atoms with Crippen LogP contribution in [0.4, 0.5) is 11.4 Å². The Balaban J connectivity index is 2.58. The maximum absolute atomic E-state index is 5.81. The molecular formula is C15H21N3. The predicted molar refractivity (Wildman–Crippen MR) is 78.9 cm³/mol. The molecule has 0 bridgehead atoms. The smallest absolute Gasteiger partial charge is 0.0743 e. The third kappa shape index (κ3) is 2.13. The zero-order valence-corrected chi connectivity index (χ0v) is 11.6. The summed E-state index contributed by atoms with van der Waals surface area (Å²) in [5.41, 5.74) is 8.83. The summed E-state index contributed by atoms with van der Waals surface area (Å²) in [5, 5.41) is 1.15. The molecule has 0 atom stereocenters. The molecule has 0 spiro atoms. The number of fused-ring (bicyclic) bond motifs is 1. The fourth-order valence-electron chi connectivity index (χ4n) is 2.01. The van der Waals surface area contributed by atoms with Crippen LogP contribution in [0, 0.1) is 0 Å². The van der Waals surface area contributed by atoms with Gasteiger partial charge in [-0.25, -0.2) is 0 Å². The first kappa shape index (κ1) is 12.7. The molecule has 0 aliphatic rings. The monoisotopic (exact) mass is 243 g/mol. The zero-order chi connectivity index (χ0) is 13.3. The van der Waals surface area contributed by atoms with Crippen LogP contribution >= 0.6 is 0 Å². The minimum Gasteiger partial charge on any atom is -0.399 e. The summed E-state index contributed by atoms with van der Waals surface area (Å²) in [6, 6.07) is 7.97. The summed E-state index contributed by atoms with van der Waals surface area (Å²) in [7, 11) is 2.13. The van der Waals surface area contributed by atoms with E-state index in [9.17, 15) is 0 Å². The highest BCUT2D eigenvalue weighted by atomic mass is 15.2. The number of hydrogen-bond donors (Lipinski definition) is 1. The molecule has 0 aliphatic carbocycles. The molecule has 0 aliphatic heterocycles. The highest BCUT2D eigenvalue weighted by Gasteiger charge is 2.22. The predicted octanol–water partition coefficient (Wildman–Crippen LogP) is 3.44. The number of aromatic nitrogens is 1. The van der Waals surface area contributed by atoms with Crippen LogP contribution in [0.15, 0.2) is 30.5 Å². The number of nitrogens with zero attached hydrogens (tertiary/aromatic N) is 2. The normalized spacial score (nSPS) is 11.8. The molecule has 1 aromatic carbocycles. The Hall–Kier alpha value is -1.77. The highest BCUT2D eigenvalue weighted by molar-refractivity contribution is 5.93. The maximum atomic E-state index is 5.81. The number of anilines is 2. The van der Waals surface area contributed by atoms with Crippen LogP contribution < -0.4 is 10.6 Å². The third-order valence-corrected chi connectivity index (χ3v) is 3.88. The van der Waals surface area contributed by atoms with E-state index in [2.05, 4.69) is 49.8 Å². The Morgan fingerprint density at radius 2 is 2.00 bits per heavy atom. The maximum Gasteiger partial charge on any atom is 0.0743 e. The summed E-state index contributed by atoms with van der Waals surface area (Å²) in [6.07, 6.45) is 2.93. The van der Waals surface area contributed by atoms with Crippen LogP contribution in [0.25, 0.3) is 10.9 Å². The fourth-order valence-corrected chi connectivity index (χ4v) is 2.01. The Morgan fingerprint density at radius 1 is 1.28 bits per heavy atom. The molecule has 1 heterocycles. The van der Waals surface area contributed by atoms with Gasteiger partial charge in [0.05, 0.1) is 5.52 Å². The second kappa shape index (κ2) is 4.48. The molecule has 0 saturated heterocycles. The lowest BCUT2D eigenvalue weighted by molar-refractivity contribution is 0.472. The molecule has 1 aromatic heterocycles. The van der Waals surface area contributed by atoms with Crippen molar-refractivity contribution >= 4 is 22.3 Å². The van der Waals surface area contributed by atoms with E-state index in [-0.39, 0.29) is 5.54 Å². The van der Waals surface area contributed by atoms with E-state index in [1.54, 1.807) is 0 Å². The molecule has 0 unspecified atom stereocenters. The topological polar surface area (TPSA) is 42.2 Å². The SMILES string of the molecule is CCC(C)(C)N(C)c1ccnc2cc(N)ccc12. The van der Waals surface area contributed by atoms with Crippen LogP contribution in [-0.4, -0.2) is 17.6 Å². The third-order valence-electron chi connectivity index (χ3n) is 3.88. The number of nitrogen functional groups attached to an aromatic ring is 1. The molecule has 0 saturated carbocycles. The quantitative estimate of drug-likeness (QED) is 0.840. The molecule has 0 amide bonds. The van der Waals surface area contributed by atoms with E-state index in [0.29, 0.717) is 0 Å². The minimum absolute atomic E-state index is 0.121. The van der Waals surface area contributed by atoms with E-state index in [4.69, 9.17) is 5.73 Å². The molecule has 0 radical (unpaired) electrons. The van der Waals surface area contributed by atoms with Crippen LogP contribution in [-0.2, 0) is 0 Å². The minimum atomic E-state index is 0.121. The van der Waals surface area contributed by atoms with Gasteiger partial charge >= 0.3 is 0 Å². The van der Waals surface area contributed by atoms with E-state index in [1.807, 2.05) is 18.3 Å². The largest absolute Gasteiger partial charge is 0.399 e. The Bertz CT molecular complexity index is 561. The molecule has 3 heteroatoms. The number of rotatable bonds is 3. The van der Waals surface area contributed by atoms with Crippen molar-refractivity contribution in [1.82, 2.24) is 4.98 Å². The fraction of sp³-hybridized carbons (Fsp3) is 0.400. The van der Waals surface area contributed by atoms with Crippen molar-refractivity contribution in [1.29, 1.82) is 0 Å². The highest BCUT2D eigenvalue weighted by Crippen LogP contribution is 2.31. The van der Waals surface area contributed by atoms with Gasteiger partial charge in [-0.05, 0) is 44.5 Å². The summed E-state index contributed by atoms with van der Waals surface area (Å²) in [6.45, 7) is 6.70. The first-order chi connectivity index (χ1) is 8.45. The van der Waals surface area contributed by atoms with Gasteiger partial charge in [0.2, 0.25) is 0 Å². The molecule has 2 N–H and O–H groups in total. The second-order valence-electron chi connectivity index (χ2n) is 5.33. The number of benzene rings is 1. The van der Waals surface area contributed by atoms with Gasteiger partial charge in [-0.1, -0.05) is 6.92 Å². The van der Waals surface area contributed by atoms with E-state index in [0.717, 1.165) is 23.0 Å². The summed E-state index contributed by atoms with van der Waals surface area (Å²) in [4.78, 5) is 6.70. The van der Waals surface area contributed by atoms with E-state index in [1.165, 1.54) is 5.69 Å². The molecule has 2 rings (SSSR count). The van der Waals surface area contributed by atoms with Crippen molar-refractivity contribution in [2.24, 2.45) is 0 Å². The first-order valence-electron chi connectivity index (χ1n) is 6.34. The molecule has 2 aromatic rings. The summed E-state index contributed by atoms with van der Waals surface area (Å²) in [5.74, 6) is 0. The van der Waals surface area contributed by atoms with Gasteiger partial charge in [-0.3, -0.25) is 4.98 Å². The van der Waals surface area contributed by atoms with Crippen molar-refractivity contribution in [3.63, 3.8) is 0 Å². The van der Waals surface area contributed by atoms with Crippen LogP contribution in [0.1, 0.15) is 27.2 Å². The summed E-state index contributed by atoms with van der Waals surface area (Å²) < 4.78 is 0. The average molecular weight is 243 g/mol. The Morgan fingerprint density at radius 3 is 2.67 bits per heavy atom. The number of hydrogen-bond acceptors (Lipinski definition) is 3. The number of pyridine rings is 1. The van der Waals surface area contributed by atoms with Gasteiger partial charge in [0.1, 0.15) is 0 Å². The first-order valence-corrected chi connectivity index (χ1v) is 6.34. The van der Waals surface area contributed by atoms with Crippen LogP contribution in [0.5, 0.6) is 0 Å². The lowest BCUT2D eigenvalue weighted by atomic mass is 9.98. The van der Waals surface area contributed by atoms with Gasteiger partial charge < -0.3 is 10.6 Å². The lowest BCUT2D eigenvalue weighted by Gasteiger charge is -2.37. The van der Waals surface area contributed by atoms with Crippen molar-refractivity contribution in [2.45, 2.75) is 32.7 Å². The van der Waals surface area contributed by atoms with Gasteiger partial charge in [0.25, 0.3) is 0 Å². The van der Waals surface area contributed by atoms with Crippen molar-refractivity contribution < 1.29 is 0 Å². The molecule has 0 fully saturated rings. The van der Waals surface area contributed by atoms with Crippen LogP contribution in [0.3, 0.4) is 0 Å². The number of nitrogens with two attached hydrogens (primary N) is 1. The Kier molecular flexibility index (Phi) is 3.16. The zero-order valence-electron chi connectivity index (χ0n) is 11.6. The van der Waals surface area contributed by atoms with Crippen LogP contribution in [0.2, 0.25) is 0 Å². The Labute approximate surface area is 109 Å². The standard InChI is InChI=1S/C15H21N3/c1-5-15(2,3)18(4)14-8-9-17-13-10-11(16)6-7-12(13)14/h6-10H,5,16H2,1-4H3. The van der Waals surface area contributed by atoms with Gasteiger partial charge in [0.15, 0.2) is 0 Å². The van der Waals surface area contributed by atoms with Crippen molar-refractivity contribution in [2.75, 3.05) is 17.7 Å². The van der Waals surface area contributed by atoms with Gasteiger partial charge in [-0.15, -0.1) is 0 Å². The van der Waals surface area contributed by atoms with Gasteiger partial charge in [0, 0.05) is 35.5 Å². The van der Waals surface area contributed by atoms with E-state index < -0.39 is 0 Å². The molecule has 18 heavy (non-hydrogen) atoms. The molecule has 96 valence electrons. The molecule has 3 nitrogen and oxygen atoms in total. The van der Waals surface area contributed by atoms with Gasteiger partial charge in [-0.2, -0.15) is 0 Å². The second-order valence-corrected chi connectivity index (χ2v) is 5.33. The lowest BCUT2D eigenvalue weighted by Crippen LogP contribution is -2.40. The van der Waals surface area contributed by atoms with E-state index >= 15 is 0 Å². The van der Waals surface area contributed by atoms with Crippen molar-refractivity contribution in [3.8, 4) is 0 Å². The summed E-state index contributed by atoms with van der Waals surface area (Å²) >= 11 is 0. The molecular weight excluding hydrogens is 222 g/mol.